The highest BCUT2D eigenvalue weighted by Crippen LogP contribution is 2.22. The minimum atomic E-state index is -1.01. The molecule has 162 valence electrons. The third kappa shape index (κ3) is 7.57. The Kier molecular flexibility index (Phi) is 8.95. The van der Waals surface area contributed by atoms with Crippen LogP contribution in [0.15, 0.2) is 42.5 Å². The highest BCUT2D eigenvalue weighted by Gasteiger charge is 2.20. The van der Waals surface area contributed by atoms with E-state index in [1.807, 2.05) is 6.07 Å². The maximum Gasteiger partial charge on any atom is 0.411 e. The van der Waals surface area contributed by atoms with Crippen LogP contribution in [0.3, 0.4) is 0 Å². The van der Waals surface area contributed by atoms with Crippen molar-refractivity contribution in [2.75, 3.05) is 19.0 Å². The number of aliphatic carboxylic acids is 1. The summed E-state index contributed by atoms with van der Waals surface area (Å²) in [7, 11) is 1.55. The molecular weight excluding hydrogens is 410 g/mol. The molecule has 2 rings (SSSR count). The van der Waals surface area contributed by atoms with Crippen molar-refractivity contribution < 1.29 is 28.9 Å². The summed E-state index contributed by atoms with van der Waals surface area (Å²) in [5.41, 5.74) is 2.18. The van der Waals surface area contributed by atoms with E-state index in [0.717, 1.165) is 11.1 Å². The van der Waals surface area contributed by atoms with E-state index in [0.29, 0.717) is 22.9 Å². The number of nitrogens with one attached hydrogen (secondary N) is 1. The maximum atomic E-state index is 12.0. The molecule has 0 aromatic heterocycles. The minimum absolute atomic E-state index is 0.129. The summed E-state index contributed by atoms with van der Waals surface area (Å²) >= 11 is 5.82. The molecular formula is C22H26ClNO6. The predicted octanol–water partition coefficient (Wildman–Crippen LogP) is 4.56. The molecule has 0 saturated heterocycles. The van der Waals surface area contributed by atoms with Gasteiger partial charge in [-0.3, -0.25) is 5.32 Å². The van der Waals surface area contributed by atoms with Gasteiger partial charge >= 0.3 is 12.1 Å². The number of carbonyl (C=O) groups excluding carboxylic acids is 1. The summed E-state index contributed by atoms with van der Waals surface area (Å²) in [6, 6.07) is 12.1. The molecule has 30 heavy (non-hydrogen) atoms. The lowest BCUT2D eigenvalue weighted by atomic mass is 10.0. The number of anilines is 1. The molecule has 1 amide bonds. The van der Waals surface area contributed by atoms with Crippen molar-refractivity contribution in [2.45, 2.75) is 38.9 Å². The quantitative estimate of drug-likeness (QED) is 0.568. The molecule has 0 fully saturated rings. The van der Waals surface area contributed by atoms with Crippen molar-refractivity contribution in [3.05, 3.63) is 58.6 Å². The highest BCUT2D eigenvalue weighted by atomic mass is 35.5. The number of benzene rings is 2. The number of hydrogen-bond donors (Lipinski definition) is 2. The first-order chi connectivity index (χ1) is 14.3. The molecule has 0 bridgehead atoms. The molecule has 0 radical (unpaired) electrons. The summed E-state index contributed by atoms with van der Waals surface area (Å²) in [6.07, 6.45) is -1.08. The van der Waals surface area contributed by atoms with Crippen molar-refractivity contribution in [2.24, 2.45) is 0 Å². The maximum absolute atomic E-state index is 12.0. The number of amides is 1. The molecule has 2 aromatic carbocycles. The second-order valence-corrected chi connectivity index (χ2v) is 7.32. The first-order valence-corrected chi connectivity index (χ1v) is 9.89. The largest absolute Gasteiger partial charge is 0.496 e. The second-order valence-electron chi connectivity index (χ2n) is 6.88. The first kappa shape index (κ1) is 23.5. The van der Waals surface area contributed by atoms with Crippen LogP contribution in [0.4, 0.5) is 10.5 Å². The van der Waals surface area contributed by atoms with Crippen molar-refractivity contribution in [3.8, 4) is 5.75 Å². The normalized spacial score (nSPS) is 11.8. The van der Waals surface area contributed by atoms with E-state index in [4.69, 9.17) is 25.8 Å². The van der Waals surface area contributed by atoms with Crippen molar-refractivity contribution in [3.63, 3.8) is 0 Å². The van der Waals surface area contributed by atoms with Gasteiger partial charge in [0.15, 0.2) is 6.10 Å². The van der Waals surface area contributed by atoms with Crippen LogP contribution in [-0.2, 0) is 27.1 Å². The van der Waals surface area contributed by atoms with Gasteiger partial charge in [-0.1, -0.05) is 23.7 Å². The average Bonchev–Trinajstić information content (AvgIpc) is 2.69. The van der Waals surface area contributed by atoms with Crippen molar-refractivity contribution >= 4 is 29.4 Å². The highest BCUT2D eigenvalue weighted by molar-refractivity contribution is 6.30. The fourth-order valence-electron chi connectivity index (χ4n) is 2.83. The fraction of sp³-hybridized carbons (Fsp3) is 0.364. The van der Waals surface area contributed by atoms with Gasteiger partial charge in [-0.2, -0.15) is 0 Å². The Balaban J connectivity index is 1.96. The molecule has 7 nitrogen and oxygen atoms in total. The van der Waals surface area contributed by atoms with E-state index in [1.165, 1.54) is 0 Å². The lowest BCUT2D eigenvalue weighted by molar-refractivity contribution is -0.153. The Morgan fingerprint density at radius 3 is 2.43 bits per heavy atom. The summed E-state index contributed by atoms with van der Waals surface area (Å²) in [5, 5.41) is 12.6. The number of ether oxygens (including phenoxy) is 3. The van der Waals surface area contributed by atoms with Gasteiger partial charge in [0.25, 0.3) is 0 Å². The number of carboxylic acid groups (broad SMARTS) is 1. The smallest absolute Gasteiger partial charge is 0.411 e. The number of carbonyl (C=O) groups is 2. The van der Waals surface area contributed by atoms with Gasteiger partial charge in [0.2, 0.25) is 0 Å². The van der Waals surface area contributed by atoms with Gasteiger partial charge in [-0.15, -0.1) is 0 Å². The number of carboxylic acids is 1. The van der Waals surface area contributed by atoms with Crippen molar-refractivity contribution in [1.29, 1.82) is 0 Å². The molecule has 0 aliphatic carbocycles. The Labute approximate surface area is 180 Å². The van der Waals surface area contributed by atoms with E-state index in [-0.39, 0.29) is 19.1 Å². The molecule has 8 heteroatoms. The molecule has 2 aromatic rings. The summed E-state index contributed by atoms with van der Waals surface area (Å²) in [6.45, 7) is 3.72. The zero-order chi connectivity index (χ0) is 22.1. The van der Waals surface area contributed by atoms with Gasteiger partial charge in [0.1, 0.15) is 5.75 Å². The second kappa shape index (κ2) is 11.4. The Hall–Kier alpha value is -2.77. The Bertz CT molecular complexity index is 853. The number of hydrogen-bond acceptors (Lipinski definition) is 5. The summed E-state index contributed by atoms with van der Waals surface area (Å²) in [5.74, 6) is -0.375. The molecule has 1 unspecified atom stereocenters. The topological polar surface area (TPSA) is 94.1 Å². The lowest BCUT2D eigenvalue weighted by Gasteiger charge is -2.17. The molecule has 0 saturated carbocycles. The molecule has 0 heterocycles. The molecule has 0 aliphatic heterocycles. The average molecular weight is 436 g/mol. The van der Waals surface area contributed by atoms with Crippen LogP contribution in [0.25, 0.3) is 0 Å². The van der Waals surface area contributed by atoms with Crippen LogP contribution in [-0.4, -0.2) is 43.1 Å². The lowest BCUT2D eigenvalue weighted by Crippen LogP contribution is -2.29. The molecule has 1 atom stereocenters. The van der Waals surface area contributed by atoms with Crippen LogP contribution in [0, 0.1) is 0 Å². The van der Waals surface area contributed by atoms with E-state index in [1.54, 1.807) is 57.4 Å². The summed E-state index contributed by atoms with van der Waals surface area (Å²) in [4.78, 5) is 23.4. The van der Waals surface area contributed by atoms with Gasteiger partial charge in [-0.05, 0) is 55.3 Å². The monoisotopic (exact) mass is 435 g/mol. The molecule has 2 N–H and O–H groups in total. The molecule has 0 aliphatic rings. The van der Waals surface area contributed by atoms with Gasteiger partial charge < -0.3 is 19.3 Å². The third-order valence-corrected chi connectivity index (χ3v) is 4.42. The predicted molar refractivity (Wildman–Crippen MR) is 114 cm³/mol. The van der Waals surface area contributed by atoms with E-state index in [2.05, 4.69) is 5.32 Å². The first-order valence-electron chi connectivity index (χ1n) is 9.52. The van der Waals surface area contributed by atoms with E-state index in [9.17, 15) is 14.7 Å². The fourth-order valence-corrected chi connectivity index (χ4v) is 2.96. The van der Waals surface area contributed by atoms with Crippen LogP contribution in [0.2, 0.25) is 5.02 Å². The van der Waals surface area contributed by atoms with Gasteiger partial charge in [0.05, 0.1) is 19.8 Å². The third-order valence-electron chi connectivity index (χ3n) is 4.17. The summed E-state index contributed by atoms with van der Waals surface area (Å²) < 4.78 is 16.1. The van der Waals surface area contributed by atoms with Crippen LogP contribution in [0.5, 0.6) is 5.75 Å². The number of rotatable bonds is 10. The SMILES string of the molecule is COc1ccc(CC(OC(C)C)C(=O)O)cc1CCOC(=O)Nc1ccc(Cl)cc1. The minimum Gasteiger partial charge on any atom is -0.496 e. The Morgan fingerprint density at radius 1 is 1.13 bits per heavy atom. The van der Waals surface area contributed by atoms with E-state index < -0.39 is 18.2 Å². The van der Waals surface area contributed by atoms with Crippen LogP contribution >= 0.6 is 11.6 Å². The van der Waals surface area contributed by atoms with Gasteiger partial charge in [-0.25, -0.2) is 9.59 Å². The van der Waals surface area contributed by atoms with Crippen LogP contribution in [0.1, 0.15) is 25.0 Å². The zero-order valence-electron chi connectivity index (χ0n) is 17.2. The van der Waals surface area contributed by atoms with E-state index >= 15 is 0 Å². The van der Waals surface area contributed by atoms with Crippen LogP contribution < -0.4 is 10.1 Å². The van der Waals surface area contributed by atoms with Crippen molar-refractivity contribution in [1.82, 2.24) is 0 Å². The molecule has 0 spiro atoms. The number of methoxy groups -OCH3 is 1. The number of halogens is 1. The van der Waals surface area contributed by atoms with Gasteiger partial charge in [0, 0.05) is 23.6 Å². The Morgan fingerprint density at radius 2 is 1.83 bits per heavy atom. The zero-order valence-corrected chi connectivity index (χ0v) is 17.9. The standard InChI is InChI=1S/C22H26ClNO6/c1-14(2)30-20(21(25)26)13-15-4-9-19(28-3)16(12-15)10-11-29-22(27)24-18-7-5-17(23)6-8-18/h4-9,12,14,20H,10-11,13H2,1-3H3,(H,24,27)(H,25,26).